The third-order valence-corrected chi connectivity index (χ3v) is 9.57. The van der Waals surface area contributed by atoms with Crippen molar-refractivity contribution in [3.05, 3.63) is 186 Å². The summed E-state index contributed by atoms with van der Waals surface area (Å²) < 4.78 is 2.12. The van der Waals surface area contributed by atoms with Gasteiger partial charge in [-0.3, -0.25) is 9.59 Å². The molecule has 8 aromatic rings. The number of benzene rings is 7. The Morgan fingerprint density at radius 3 is 1.84 bits per heavy atom. The van der Waals surface area contributed by atoms with Crippen molar-refractivity contribution >= 4 is 45.0 Å². The van der Waals surface area contributed by atoms with Crippen LogP contribution in [0.15, 0.2) is 164 Å². The van der Waals surface area contributed by atoms with Crippen molar-refractivity contribution in [2.45, 2.75) is 0 Å². The fourth-order valence-corrected chi connectivity index (χ4v) is 7.28. The van der Waals surface area contributed by atoms with E-state index < -0.39 is 0 Å². The smallest absolute Gasteiger partial charge is 0.268 e. The Bertz CT molecular complexity index is 2690. The molecule has 0 atom stereocenters. The summed E-state index contributed by atoms with van der Waals surface area (Å²) in [5.41, 5.74) is 9.85. The first-order chi connectivity index (χ1) is 24.6. The lowest BCUT2D eigenvalue weighted by Gasteiger charge is -2.20. The number of fused-ring (bicyclic) bond motifs is 4. The van der Waals surface area contributed by atoms with Crippen LogP contribution in [0.3, 0.4) is 0 Å². The molecule has 5 nitrogen and oxygen atoms in total. The first-order valence-electron chi connectivity index (χ1n) is 16.4. The van der Waals surface area contributed by atoms with Crippen LogP contribution in [-0.2, 0) is 0 Å². The predicted octanol–water partition coefficient (Wildman–Crippen LogP) is 11.1. The van der Waals surface area contributed by atoms with Crippen LogP contribution in [0.2, 0.25) is 0 Å². The van der Waals surface area contributed by atoms with Gasteiger partial charge in [0, 0.05) is 21.9 Å². The van der Waals surface area contributed by atoms with E-state index in [0.29, 0.717) is 28.2 Å². The van der Waals surface area contributed by atoms with Crippen molar-refractivity contribution in [3.63, 3.8) is 0 Å². The van der Waals surface area contributed by atoms with E-state index >= 15 is 0 Å². The highest BCUT2D eigenvalue weighted by molar-refractivity contribution is 6.36. The van der Waals surface area contributed by atoms with Gasteiger partial charge in [-0.15, -0.1) is 0 Å². The van der Waals surface area contributed by atoms with Crippen LogP contribution in [-0.4, -0.2) is 16.4 Å². The zero-order chi connectivity index (χ0) is 33.8. The molecule has 1 aliphatic heterocycles. The molecule has 7 aromatic carbocycles. The van der Waals surface area contributed by atoms with E-state index in [1.54, 1.807) is 6.07 Å². The molecule has 0 aliphatic carbocycles. The van der Waals surface area contributed by atoms with E-state index in [1.807, 2.05) is 133 Å². The fraction of sp³-hybridized carbons (Fsp3) is 0. The molecule has 2 amide bonds. The number of amides is 2. The van der Waals surface area contributed by atoms with E-state index in [2.05, 4.69) is 33.7 Å². The van der Waals surface area contributed by atoms with E-state index in [0.717, 1.165) is 55.2 Å². The lowest BCUT2D eigenvalue weighted by molar-refractivity contribution is 0.0926. The van der Waals surface area contributed by atoms with Crippen molar-refractivity contribution in [2.75, 3.05) is 4.90 Å². The average Bonchev–Trinajstić information content (AvgIpc) is 3.66. The summed E-state index contributed by atoms with van der Waals surface area (Å²) in [5.74, 6) is -0.724. The minimum Gasteiger partial charge on any atom is -0.308 e. The van der Waals surface area contributed by atoms with Gasteiger partial charge in [-0.25, -0.2) is 9.74 Å². The van der Waals surface area contributed by atoms with Crippen LogP contribution in [0.4, 0.5) is 11.4 Å². The summed E-state index contributed by atoms with van der Waals surface area (Å²) in [5, 5.41) is 2.07. The maximum atomic E-state index is 14.9. The van der Waals surface area contributed by atoms with Gasteiger partial charge >= 0.3 is 0 Å². The van der Waals surface area contributed by atoms with Crippen molar-refractivity contribution in [3.8, 4) is 39.1 Å². The molecule has 234 valence electrons. The minimum absolute atomic E-state index is 0.357. The van der Waals surface area contributed by atoms with Crippen LogP contribution in [0.1, 0.15) is 20.7 Å². The Morgan fingerprint density at radius 2 is 1.08 bits per heavy atom. The molecule has 0 N–H and O–H groups in total. The van der Waals surface area contributed by atoms with Crippen molar-refractivity contribution in [1.29, 1.82) is 0 Å². The SMILES string of the molecule is [C-]#[N+]c1ccc(-c2cccc3c4ccccc4n(-c4cccc5c4C(=O)N(c4cc(-c6ccccc6)ccc4-c4ccccc4)C5=O)c23)cc1. The number of imide groups is 1. The Labute approximate surface area is 288 Å². The van der Waals surface area contributed by atoms with Gasteiger partial charge in [0.05, 0.1) is 40.1 Å². The zero-order valence-corrected chi connectivity index (χ0v) is 26.7. The number of hydrogen-bond acceptors (Lipinski definition) is 2. The van der Waals surface area contributed by atoms with Crippen LogP contribution in [0, 0.1) is 6.57 Å². The van der Waals surface area contributed by atoms with E-state index in [4.69, 9.17) is 6.57 Å². The van der Waals surface area contributed by atoms with Gasteiger partial charge in [0.1, 0.15) is 0 Å². The monoisotopic (exact) mass is 641 g/mol. The Balaban J connectivity index is 1.28. The van der Waals surface area contributed by atoms with Gasteiger partial charge in [-0.1, -0.05) is 140 Å². The van der Waals surface area contributed by atoms with Gasteiger partial charge < -0.3 is 4.57 Å². The molecule has 0 fully saturated rings. The van der Waals surface area contributed by atoms with Gasteiger partial charge in [0.2, 0.25) is 0 Å². The molecule has 0 spiro atoms. The Morgan fingerprint density at radius 1 is 0.460 bits per heavy atom. The molecule has 50 heavy (non-hydrogen) atoms. The first-order valence-corrected chi connectivity index (χ1v) is 16.4. The van der Waals surface area contributed by atoms with Crippen LogP contribution < -0.4 is 4.90 Å². The number of aromatic nitrogens is 1. The largest absolute Gasteiger partial charge is 0.308 e. The number of carbonyl (C=O) groups is 2. The molecule has 0 unspecified atom stereocenters. The fourth-order valence-electron chi connectivity index (χ4n) is 7.28. The molecule has 1 aromatic heterocycles. The molecular formula is C45H27N3O2. The summed E-state index contributed by atoms with van der Waals surface area (Å²) >= 11 is 0. The average molecular weight is 642 g/mol. The molecule has 0 radical (unpaired) electrons. The van der Waals surface area contributed by atoms with Crippen molar-refractivity contribution in [1.82, 2.24) is 4.57 Å². The number of hydrogen-bond donors (Lipinski definition) is 0. The van der Waals surface area contributed by atoms with Crippen molar-refractivity contribution < 1.29 is 9.59 Å². The second kappa shape index (κ2) is 11.6. The summed E-state index contributed by atoms with van der Waals surface area (Å²) in [6, 6.07) is 53.3. The summed E-state index contributed by atoms with van der Waals surface area (Å²) in [6.45, 7) is 7.43. The third-order valence-electron chi connectivity index (χ3n) is 9.57. The highest BCUT2D eigenvalue weighted by Gasteiger charge is 2.40. The molecule has 9 rings (SSSR count). The maximum absolute atomic E-state index is 14.9. The Hall–Kier alpha value is -7.03. The van der Waals surface area contributed by atoms with Crippen LogP contribution in [0.5, 0.6) is 0 Å². The predicted molar refractivity (Wildman–Crippen MR) is 201 cm³/mol. The minimum atomic E-state index is -0.368. The van der Waals surface area contributed by atoms with E-state index in [1.165, 1.54) is 4.90 Å². The molecule has 2 heterocycles. The van der Waals surface area contributed by atoms with Crippen LogP contribution >= 0.6 is 0 Å². The second-order valence-corrected chi connectivity index (χ2v) is 12.3. The lowest BCUT2D eigenvalue weighted by atomic mass is 9.97. The Kier molecular flexibility index (Phi) is 6.75. The quantitative estimate of drug-likeness (QED) is 0.139. The van der Waals surface area contributed by atoms with E-state index in [-0.39, 0.29) is 11.8 Å². The number of rotatable bonds is 5. The van der Waals surface area contributed by atoms with E-state index in [9.17, 15) is 9.59 Å². The van der Waals surface area contributed by atoms with Gasteiger partial charge in [-0.2, -0.15) is 0 Å². The topological polar surface area (TPSA) is 46.7 Å². The molecular weight excluding hydrogens is 615 g/mol. The molecule has 0 saturated carbocycles. The first kappa shape index (κ1) is 29.1. The highest BCUT2D eigenvalue weighted by Crippen LogP contribution is 2.43. The summed E-state index contributed by atoms with van der Waals surface area (Å²) in [4.78, 5) is 34.3. The number of nitrogens with zero attached hydrogens (tertiary/aromatic N) is 3. The molecule has 1 aliphatic rings. The van der Waals surface area contributed by atoms with Gasteiger partial charge in [0.25, 0.3) is 11.8 Å². The van der Waals surface area contributed by atoms with Crippen molar-refractivity contribution in [2.24, 2.45) is 0 Å². The molecule has 0 bridgehead atoms. The maximum Gasteiger partial charge on any atom is 0.268 e. The third kappa shape index (κ3) is 4.47. The van der Waals surface area contributed by atoms with Crippen LogP contribution in [0.25, 0.3) is 65.7 Å². The summed E-state index contributed by atoms with van der Waals surface area (Å²) in [7, 11) is 0. The standard InChI is InChI=1S/C45H27N3O2/c1-46-33-25-22-31(23-26-33)35-17-10-18-37-36-16-8-9-20-39(36)47(43(35)37)40-21-11-19-38-42(40)45(50)48(44(38)49)41-28-32(29-12-4-2-5-13-29)24-27-34(41)30-14-6-3-7-15-30/h2-28H. The normalized spacial score (nSPS) is 12.4. The number of carbonyl (C=O) groups excluding carboxylic acids is 2. The second-order valence-electron chi connectivity index (χ2n) is 12.3. The highest BCUT2D eigenvalue weighted by atomic mass is 16.2. The molecule has 0 saturated heterocycles. The zero-order valence-electron chi connectivity index (χ0n) is 26.7. The summed E-state index contributed by atoms with van der Waals surface area (Å²) in [6.07, 6.45) is 0. The lowest BCUT2D eigenvalue weighted by Crippen LogP contribution is -2.30. The number of anilines is 1. The van der Waals surface area contributed by atoms with Gasteiger partial charge in [-0.05, 0) is 46.5 Å². The van der Waals surface area contributed by atoms with Gasteiger partial charge in [0.15, 0.2) is 5.69 Å². The number of para-hydroxylation sites is 2. The molecule has 5 heteroatoms.